The number of rotatable bonds is 4. The first-order valence-electron chi connectivity index (χ1n) is 3.99. The van der Waals surface area contributed by atoms with E-state index in [2.05, 4.69) is 0 Å². The number of primary amides is 1. The molecule has 7 heteroatoms. The molecular formula is C8H10N2O4S. The Balaban J connectivity index is 3.00. The van der Waals surface area contributed by atoms with Crippen LogP contribution in [0.15, 0.2) is 30.3 Å². The van der Waals surface area contributed by atoms with E-state index in [0.29, 0.717) is 5.56 Å². The van der Waals surface area contributed by atoms with Gasteiger partial charge in [0.05, 0.1) is 0 Å². The molecule has 1 aromatic carbocycles. The van der Waals surface area contributed by atoms with E-state index in [-0.39, 0.29) is 0 Å². The number of carbonyl (C=O) groups excluding carboxylic acids is 1. The molecule has 0 saturated carbocycles. The molecule has 0 fully saturated rings. The Morgan fingerprint density at radius 2 is 1.87 bits per heavy atom. The van der Waals surface area contributed by atoms with Gasteiger partial charge in [0.2, 0.25) is 5.91 Å². The van der Waals surface area contributed by atoms with Crippen molar-refractivity contribution in [2.24, 2.45) is 5.73 Å². The minimum Gasteiger partial charge on any atom is -0.368 e. The number of benzene rings is 1. The Bertz CT molecular complexity index is 443. The summed E-state index contributed by atoms with van der Waals surface area (Å²) in [7, 11) is -4.47. The maximum Gasteiger partial charge on any atom is 0.334 e. The van der Waals surface area contributed by atoms with E-state index >= 15 is 0 Å². The fourth-order valence-corrected chi connectivity index (χ4v) is 1.63. The van der Waals surface area contributed by atoms with Crippen molar-refractivity contribution in [3.8, 4) is 0 Å². The third-order valence-electron chi connectivity index (χ3n) is 1.68. The molecule has 0 saturated heterocycles. The normalized spacial score (nSPS) is 13.4. The highest BCUT2D eigenvalue weighted by molar-refractivity contribution is 7.83. The molecule has 0 spiro atoms. The van der Waals surface area contributed by atoms with Gasteiger partial charge in [0.15, 0.2) is 0 Å². The molecule has 1 atom stereocenters. The first-order valence-corrected chi connectivity index (χ1v) is 5.43. The van der Waals surface area contributed by atoms with Gasteiger partial charge in [-0.15, -0.1) is 0 Å². The van der Waals surface area contributed by atoms with E-state index in [9.17, 15) is 13.2 Å². The van der Waals surface area contributed by atoms with Crippen LogP contribution in [0.5, 0.6) is 0 Å². The van der Waals surface area contributed by atoms with Gasteiger partial charge in [-0.05, 0) is 5.56 Å². The van der Waals surface area contributed by atoms with Gasteiger partial charge in [-0.3, -0.25) is 9.35 Å². The molecule has 0 aliphatic rings. The summed E-state index contributed by atoms with van der Waals surface area (Å²) in [6.45, 7) is 0. The zero-order chi connectivity index (χ0) is 11.5. The van der Waals surface area contributed by atoms with Crippen molar-refractivity contribution in [1.29, 1.82) is 0 Å². The Hall–Kier alpha value is -1.44. The van der Waals surface area contributed by atoms with Crippen LogP contribution in [0.1, 0.15) is 11.6 Å². The SMILES string of the molecule is NC(=O)[C@H](NS(=O)(=O)O)c1ccccc1. The predicted molar refractivity (Wildman–Crippen MR) is 53.1 cm³/mol. The first-order chi connectivity index (χ1) is 6.90. The Labute approximate surface area is 87.0 Å². The van der Waals surface area contributed by atoms with Crippen molar-refractivity contribution in [2.75, 3.05) is 0 Å². The molecular weight excluding hydrogens is 220 g/mol. The van der Waals surface area contributed by atoms with E-state index in [4.69, 9.17) is 10.3 Å². The molecule has 15 heavy (non-hydrogen) atoms. The molecule has 0 bridgehead atoms. The third-order valence-corrected chi connectivity index (χ3v) is 2.22. The molecule has 0 unspecified atom stereocenters. The van der Waals surface area contributed by atoms with Crippen molar-refractivity contribution >= 4 is 16.2 Å². The molecule has 1 aromatic rings. The molecule has 1 rings (SSSR count). The van der Waals surface area contributed by atoms with Crippen molar-refractivity contribution < 1.29 is 17.8 Å². The van der Waals surface area contributed by atoms with E-state index in [1.54, 1.807) is 22.9 Å². The zero-order valence-corrected chi connectivity index (χ0v) is 8.44. The Morgan fingerprint density at radius 3 is 2.27 bits per heavy atom. The van der Waals surface area contributed by atoms with Crippen LogP contribution in [0.25, 0.3) is 0 Å². The van der Waals surface area contributed by atoms with Crippen molar-refractivity contribution in [1.82, 2.24) is 4.72 Å². The maximum atomic E-state index is 11.0. The van der Waals surface area contributed by atoms with Crippen LogP contribution in [-0.2, 0) is 15.1 Å². The third kappa shape index (κ3) is 3.66. The van der Waals surface area contributed by atoms with Crippen molar-refractivity contribution in [3.05, 3.63) is 35.9 Å². The summed E-state index contributed by atoms with van der Waals surface area (Å²) in [5, 5.41) is 0. The standard InChI is InChI=1S/C8H10N2O4S/c9-8(11)7(10-15(12,13)14)6-4-2-1-3-5-6/h1-5,7,10H,(H2,9,11)(H,12,13,14)/t7-/m1/s1. The van der Waals surface area contributed by atoms with Crippen molar-refractivity contribution in [3.63, 3.8) is 0 Å². The Kier molecular flexibility index (Phi) is 3.40. The van der Waals surface area contributed by atoms with Gasteiger partial charge >= 0.3 is 10.3 Å². The molecule has 0 aliphatic carbocycles. The van der Waals surface area contributed by atoms with Crippen LogP contribution in [-0.4, -0.2) is 18.9 Å². The lowest BCUT2D eigenvalue weighted by atomic mass is 10.1. The van der Waals surface area contributed by atoms with Crippen LogP contribution in [0.2, 0.25) is 0 Å². The highest BCUT2D eigenvalue weighted by Crippen LogP contribution is 2.12. The summed E-state index contributed by atoms with van der Waals surface area (Å²) in [4.78, 5) is 11.0. The van der Waals surface area contributed by atoms with Gasteiger partial charge in [-0.25, -0.2) is 0 Å². The fourth-order valence-electron chi connectivity index (χ4n) is 1.08. The minimum absolute atomic E-state index is 0.364. The molecule has 4 N–H and O–H groups in total. The second kappa shape index (κ2) is 4.39. The van der Waals surface area contributed by atoms with E-state index in [1.165, 1.54) is 12.1 Å². The molecule has 0 radical (unpaired) electrons. The molecule has 0 heterocycles. The van der Waals surface area contributed by atoms with E-state index in [0.717, 1.165) is 0 Å². The number of carbonyl (C=O) groups is 1. The largest absolute Gasteiger partial charge is 0.368 e. The summed E-state index contributed by atoms with van der Waals surface area (Å²) < 4.78 is 31.4. The number of hydrogen-bond acceptors (Lipinski definition) is 3. The Morgan fingerprint density at radius 1 is 1.33 bits per heavy atom. The van der Waals surface area contributed by atoms with Crippen LogP contribution in [0, 0.1) is 0 Å². The van der Waals surface area contributed by atoms with Crippen molar-refractivity contribution in [2.45, 2.75) is 6.04 Å². The second-order valence-electron chi connectivity index (χ2n) is 2.84. The fraction of sp³-hybridized carbons (Fsp3) is 0.125. The number of nitrogens with one attached hydrogen (secondary N) is 1. The summed E-state index contributed by atoms with van der Waals surface area (Å²) in [6.07, 6.45) is 0. The summed E-state index contributed by atoms with van der Waals surface area (Å²) in [5.74, 6) is -0.890. The second-order valence-corrected chi connectivity index (χ2v) is 4.02. The molecule has 6 nitrogen and oxygen atoms in total. The average molecular weight is 230 g/mol. The quantitative estimate of drug-likeness (QED) is 0.611. The van der Waals surface area contributed by atoms with Crippen LogP contribution < -0.4 is 10.5 Å². The van der Waals surface area contributed by atoms with Gasteiger partial charge in [-0.2, -0.15) is 13.1 Å². The van der Waals surface area contributed by atoms with Gasteiger partial charge in [0.1, 0.15) is 6.04 Å². The highest BCUT2D eigenvalue weighted by atomic mass is 32.2. The van der Waals surface area contributed by atoms with Crippen LogP contribution in [0.3, 0.4) is 0 Å². The molecule has 1 amide bonds. The topological polar surface area (TPSA) is 109 Å². The maximum absolute atomic E-state index is 11.0. The van der Waals surface area contributed by atoms with Gasteiger partial charge in [0, 0.05) is 0 Å². The van der Waals surface area contributed by atoms with Crippen LogP contribution in [0.4, 0.5) is 0 Å². The average Bonchev–Trinajstić information content (AvgIpc) is 2.14. The van der Waals surface area contributed by atoms with Gasteiger partial charge in [-0.1, -0.05) is 30.3 Å². The smallest absolute Gasteiger partial charge is 0.334 e. The zero-order valence-electron chi connectivity index (χ0n) is 7.62. The lowest BCUT2D eigenvalue weighted by molar-refractivity contribution is -0.119. The number of nitrogens with two attached hydrogens (primary N) is 1. The van der Waals surface area contributed by atoms with E-state index < -0.39 is 22.3 Å². The molecule has 0 aromatic heterocycles. The highest BCUT2D eigenvalue weighted by Gasteiger charge is 2.22. The summed E-state index contributed by atoms with van der Waals surface area (Å²) in [6, 6.07) is 6.73. The minimum atomic E-state index is -4.47. The number of amides is 1. The van der Waals surface area contributed by atoms with Gasteiger partial charge < -0.3 is 5.73 Å². The lowest BCUT2D eigenvalue weighted by Gasteiger charge is -2.12. The summed E-state index contributed by atoms with van der Waals surface area (Å²) >= 11 is 0. The lowest BCUT2D eigenvalue weighted by Crippen LogP contribution is -2.37. The summed E-state index contributed by atoms with van der Waals surface area (Å²) in [5.41, 5.74) is 5.36. The van der Waals surface area contributed by atoms with E-state index in [1.807, 2.05) is 0 Å². The number of hydrogen-bond donors (Lipinski definition) is 3. The molecule has 0 aliphatic heterocycles. The molecule has 82 valence electrons. The first kappa shape index (κ1) is 11.6. The van der Waals surface area contributed by atoms with Crippen LogP contribution >= 0.6 is 0 Å². The predicted octanol–water partition coefficient (Wildman–Crippen LogP) is -0.395. The van der Waals surface area contributed by atoms with Gasteiger partial charge in [0.25, 0.3) is 0 Å². The monoisotopic (exact) mass is 230 g/mol.